The van der Waals surface area contributed by atoms with Crippen molar-refractivity contribution in [3.8, 4) is 0 Å². The molecule has 0 spiro atoms. The van der Waals surface area contributed by atoms with Gasteiger partial charge in [0.15, 0.2) is 0 Å². The number of likely N-dealkylation sites (tertiary alicyclic amines) is 1. The van der Waals surface area contributed by atoms with Crippen LogP contribution in [0.5, 0.6) is 0 Å². The molecule has 1 fully saturated rings. The van der Waals surface area contributed by atoms with Gasteiger partial charge in [-0.25, -0.2) is 4.79 Å². The summed E-state index contributed by atoms with van der Waals surface area (Å²) in [6.07, 6.45) is -0.477. The summed E-state index contributed by atoms with van der Waals surface area (Å²) in [6, 6.07) is 7.07. The van der Waals surface area contributed by atoms with Crippen LogP contribution in [0.25, 0.3) is 0 Å². The van der Waals surface area contributed by atoms with Crippen LogP contribution in [0.2, 0.25) is 5.02 Å². The lowest BCUT2D eigenvalue weighted by atomic mass is 9.89. The number of hydrogen-bond donors (Lipinski definition) is 1. The van der Waals surface area contributed by atoms with E-state index in [0.29, 0.717) is 11.6 Å². The number of carboxylic acids is 1. The Labute approximate surface area is 134 Å². The van der Waals surface area contributed by atoms with Crippen molar-refractivity contribution in [3.05, 3.63) is 34.9 Å². The highest BCUT2D eigenvalue weighted by Gasteiger charge is 2.41. The molecule has 1 saturated heterocycles. The Morgan fingerprint density at radius 1 is 1.23 bits per heavy atom. The number of halogens is 1. The zero-order chi connectivity index (χ0) is 16.5. The summed E-state index contributed by atoms with van der Waals surface area (Å²) in [4.78, 5) is 25.1. The number of carbonyl (C=O) groups excluding carboxylic acids is 1. The first-order valence-electron chi connectivity index (χ1n) is 7.13. The van der Waals surface area contributed by atoms with Crippen molar-refractivity contribution in [1.82, 2.24) is 4.90 Å². The summed E-state index contributed by atoms with van der Waals surface area (Å²) in [5.41, 5.74) is 0.261. The summed E-state index contributed by atoms with van der Waals surface area (Å²) in [6.45, 7) is 5.83. The fourth-order valence-corrected chi connectivity index (χ4v) is 2.70. The molecule has 0 unspecified atom stereocenters. The maximum absolute atomic E-state index is 12.1. The molecule has 1 aromatic carbocycles. The first-order chi connectivity index (χ1) is 10.2. The standard InChI is InChI=1S/C16H20ClNO4/c1-16(2,3)22-15(21)18-8-12(13(9-18)14(19)20)10-4-6-11(17)7-5-10/h4-7,12-13H,8-9H2,1-3H3,(H,19,20)/t12-,13-/m0/s1. The molecule has 120 valence electrons. The molecule has 1 N–H and O–H groups in total. The van der Waals surface area contributed by atoms with Gasteiger partial charge in [-0.2, -0.15) is 0 Å². The summed E-state index contributed by atoms with van der Waals surface area (Å²) in [5.74, 6) is -1.82. The van der Waals surface area contributed by atoms with E-state index in [1.165, 1.54) is 4.90 Å². The Kier molecular flexibility index (Phi) is 4.66. The van der Waals surface area contributed by atoms with Crippen LogP contribution >= 0.6 is 11.6 Å². The smallest absolute Gasteiger partial charge is 0.410 e. The Morgan fingerprint density at radius 3 is 2.32 bits per heavy atom. The van der Waals surface area contributed by atoms with Crippen molar-refractivity contribution in [2.45, 2.75) is 32.3 Å². The lowest BCUT2D eigenvalue weighted by Crippen LogP contribution is -2.35. The molecule has 2 rings (SSSR count). The van der Waals surface area contributed by atoms with E-state index in [1.807, 2.05) is 12.1 Å². The maximum Gasteiger partial charge on any atom is 0.410 e. The Morgan fingerprint density at radius 2 is 1.82 bits per heavy atom. The molecule has 5 nitrogen and oxygen atoms in total. The van der Waals surface area contributed by atoms with Gasteiger partial charge >= 0.3 is 12.1 Å². The quantitative estimate of drug-likeness (QED) is 0.905. The van der Waals surface area contributed by atoms with Gasteiger partial charge in [0.05, 0.1) is 5.92 Å². The van der Waals surface area contributed by atoms with E-state index in [1.54, 1.807) is 32.9 Å². The van der Waals surface area contributed by atoms with Crippen LogP contribution in [0, 0.1) is 5.92 Å². The van der Waals surface area contributed by atoms with Gasteiger partial charge in [0, 0.05) is 24.0 Å². The highest BCUT2D eigenvalue weighted by Crippen LogP contribution is 2.34. The van der Waals surface area contributed by atoms with Gasteiger partial charge in [-0.1, -0.05) is 23.7 Å². The Hall–Kier alpha value is -1.75. The second kappa shape index (κ2) is 6.16. The molecule has 1 amide bonds. The third-order valence-electron chi connectivity index (χ3n) is 3.59. The predicted octanol–water partition coefficient (Wildman–Crippen LogP) is 3.38. The van der Waals surface area contributed by atoms with Gasteiger partial charge in [-0.3, -0.25) is 4.79 Å². The van der Waals surface area contributed by atoms with E-state index in [9.17, 15) is 14.7 Å². The highest BCUT2D eigenvalue weighted by atomic mass is 35.5. The first kappa shape index (κ1) is 16.6. The molecule has 6 heteroatoms. The minimum Gasteiger partial charge on any atom is -0.481 e. The van der Waals surface area contributed by atoms with E-state index in [4.69, 9.17) is 16.3 Å². The van der Waals surface area contributed by atoms with Gasteiger partial charge in [0.1, 0.15) is 5.60 Å². The number of amides is 1. The normalized spacial score (nSPS) is 21.7. The lowest BCUT2D eigenvalue weighted by Gasteiger charge is -2.24. The fraction of sp³-hybridized carbons (Fsp3) is 0.500. The summed E-state index contributed by atoms with van der Waals surface area (Å²) < 4.78 is 5.33. The molecule has 0 radical (unpaired) electrons. The van der Waals surface area contributed by atoms with Crippen LogP contribution in [0.3, 0.4) is 0 Å². The molecule has 0 aliphatic carbocycles. The van der Waals surface area contributed by atoms with Gasteiger partial charge in [-0.15, -0.1) is 0 Å². The predicted molar refractivity (Wildman–Crippen MR) is 83.1 cm³/mol. The van der Waals surface area contributed by atoms with Crippen LogP contribution < -0.4 is 0 Å². The van der Waals surface area contributed by atoms with Crippen molar-refractivity contribution in [1.29, 1.82) is 0 Å². The highest BCUT2D eigenvalue weighted by molar-refractivity contribution is 6.30. The molecule has 0 saturated carbocycles. The number of hydrogen-bond acceptors (Lipinski definition) is 3. The molecule has 22 heavy (non-hydrogen) atoms. The van der Waals surface area contributed by atoms with Gasteiger partial charge < -0.3 is 14.7 Å². The number of carbonyl (C=O) groups is 2. The summed E-state index contributed by atoms with van der Waals surface area (Å²) in [5, 5.41) is 10.0. The molecule has 0 bridgehead atoms. The average molecular weight is 326 g/mol. The van der Waals surface area contributed by atoms with E-state index in [2.05, 4.69) is 0 Å². The molecular weight excluding hydrogens is 306 g/mol. The van der Waals surface area contributed by atoms with E-state index >= 15 is 0 Å². The molecule has 0 aromatic heterocycles. The second-order valence-electron chi connectivity index (χ2n) is 6.49. The number of ether oxygens (including phenoxy) is 1. The molecular formula is C16H20ClNO4. The number of aliphatic carboxylic acids is 1. The van der Waals surface area contributed by atoms with Crippen molar-refractivity contribution >= 4 is 23.7 Å². The van der Waals surface area contributed by atoms with Crippen LogP contribution in [0.15, 0.2) is 24.3 Å². The monoisotopic (exact) mass is 325 g/mol. The number of carboxylic acid groups (broad SMARTS) is 1. The van der Waals surface area contributed by atoms with Gasteiger partial charge in [-0.05, 0) is 38.5 Å². The average Bonchev–Trinajstić information content (AvgIpc) is 2.83. The van der Waals surface area contributed by atoms with Crippen molar-refractivity contribution in [3.63, 3.8) is 0 Å². The molecule has 1 aliphatic rings. The molecule has 1 aromatic rings. The maximum atomic E-state index is 12.1. The van der Waals surface area contributed by atoms with E-state index in [0.717, 1.165) is 5.56 Å². The third kappa shape index (κ3) is 3.91. The number of nitrogens with zero attached hydrogens (tertiary/aromatic N) is 1. The SMILES string of the molecule is CC(C)(C)OC(=O)N1C[C@H](C(=O)O)[C@H](c2ccc(Cl)cc2)C1. The van der Waals surface area contributed by atoms with E-state index in [-0.39, 0.29) is 12.5 Å². The zero-order valence-corrected chi connectivity index (χ0v) is 13.6. The van der Waals surface area contributed by atoms with Crippen LogP contribution in [-0.4, -0.2) is 40.8 Å². The van der Waals surface area contributed by atoms with Gasteiger partial charge in [0.25, 0.3) is 0 Å². The van der Waals surface area contributed by atoms with Crippen LogP contribution in [0.4, 0.5) is 4.79 Å². The second-order valence-corrected chi connectivity index (χ2v) is 6.92. The third-order valence-corrected chi connectivity index (χ3v) is 3.84. The van der Waals surface area contributed by atoms with E-state index < -0.39 is 23.6 Å². The van der Waals surface area contributed by atoms with Gasteiger partial charge in [0.2, 0.25) is 0 Å². The number of rotatable bonds is 2. The minimum absolute atomic E-state index is 0.150. The Balaban J connectivity index is 2.18. The zero-order valence-electron chi connectivity index (χ0n) is 12.9. The molecule has 1 aliphatic heterocycles. The fourth-order valence-electron chi connectivity index (χ4n) is 2.58. The van der Waals surface area contributed by atoms with Crippen LogP contribution in [-0.2, 0) is 9.53 Å². The van der Waals surface area contributed by atoms with Crippen molar-refractivity contribution in [2.75, 3.05) is 13.1 Å². The minimum atomic E-state index is -0.911. The molecule has 1 heterocycles. The van der Waals surface area contributed by atoms with Crippen molar-refractivity contribution < 1.29 is 19.4 Å². The lowest BCUT2D eigenvalue weighted by molar-refractivity contribution is -0.141. The summed E-state index contributed by atoms with van der Waals surface area (Å²) in [7, 11) is 0. The summed E-state index contributed by atoms with van der Waals surface area (Å²) >= 11 is 5.87. The van der Waals surface area contributed by atoms with Crippen molar-refractivity contribution in [2.24, 2.45) is 5.92 Å². The van der Waals surface area contributed by atoms with Crippen LogP contribution in [0.1, 0.15) is 32.3 Å². The first-order valence-corrected chi connectivity index (χ1v) is 7.51. The topological polar surface area (TPSA) is 66.8 Å². The molecule has 2 atom stereocenters. The number of benzene rings is 1. The largest absolute Gasteiger partial charge is 0.481 e. The Bertz CT molecular complexity index is 565.